The molecule has 2 heterocycles. The average molecular weight is 456 g/mol. The normalized spacial score (nSPS) is 14.2. The van der Waals surface area contributed by atoms with Gasteiger partial charge in [0, 0.05) is 24.1 Å². The number of halogens is 1. The predicted octanol–water partition coefficient (Wildman–Crippen LogP) is 5.16. The van der Waals surface area contributed by atoms with Gasteiger partial charge in [0.2, 0.25) is 5.95 Å². The van der Waals surface area contributed by atoms with Crippen LogP contribution in [0.3, 0.4) is 0 Å². The van der Waals surface area contributed by atoms with Crippen molar-refractivity contribution in [3.63, 3.8) is 0 Å². The Morgan fingerprint density at radius 1 is 1.10 bits per heavy atom. The zero-order valence-electron chi connectivity index (χ0n) is 18.2. The van der Waals surface area contributed by atoms with Crippen LogP contribution in [0.4, 0.5) is 23.1 Å². The second-order valence-corrected chi connectivity index (χ2v) is 12.0. The molecule has 2 aromatic carbocycles. The van der Waals surface area contributed by atoms with Crippen LogP contribution in [0.25, 0.3) is 0 Å². The summed E-state index contributed by atoms with van der Waals surface area (Å²) in [6, 6.07) is 11.9. The van der Waals surface area contributed by atoms with E-state index >= 15 is 0 Å². The van der Waals surface area contributed by atoms with E-state index in [9.17, 15) is 4.57 Å². The fourth-order valence-corrected chi connectivity index (χ4v) is 5.11. The molecule has 31 heavy (non-hydrogen) atoms. The largest absolute Gasteiger partial charge is 0.338 e. The SMILES string of the molecule is Cc1cc2c(cc1Nc1ncc(Cl)c(Nc3ccccc3P(C)(C)=O)n1)CN(C)CC2. The second kappa shape index (κ2) is 8.62. The molecule has 0 fully saturated rings. The maximum Gasteiger partial charge on any atom is 0.229 e. The van der Waals surface area contributed by atoms with E-state index in [4.69, 9.17) is 11.6 Å². The molecular weight excluding hydrogens is 429 g/mol. The molecule has 2 N–H and O–H groups in total. The van der Waals surface area contributed by atoms with Crippen molar-refractivity contribution in [2.24, 2.45) is 0 Å². The Balaban J connectivity index is 1.63. The third-order valence-corrected chi connectivity index (χ3v) is 7.30. The van der Waals surface area contributed by atoms with E-state index in [1.165, 1.54) is 11.1 Å². The van der Waals surface area contributed by atoms with E-state index in [2.05, 4.69) is 51.6 Å². The smallest absolute Gasteiger partial charge is 0.229 e. The number of anilines is 4. The number of nitrogens with one attached hydrogen (secondary N) is 2. The first kappa shape index (κ1) is 21.8. The molecule has 162 valence electrons. The highest BCUT2D eigenvalue weighted by Gasteiger charge is 2.18. The Labute approximate surface area is 188 Å². The predicted molar refractivity (Wildman–Crippen MR) is 130 cm³/mol. The van der Waals surface area contributed by atoms with Gasteiger partial charge < -0.3 is 20.1 Å². The molecule has 0 saturated carbocycles. The van der Waals surface area contributed by atoms with Crippen molar-refractivity contribution in [3.05, 3.63) is 64.3 Å². The average Bonchev–Trinajstić information content (AvgIpc) is 2.71. The van der Waals surface area contributed by atoms with Gasteiger partial charge in [0.1, 0.15) is 12.2 Å². The molecule has 3 aromatic rings. The molecule has 1 aromatic heterocycles. The maximum absolute atomic E-state index is 12.7. The minimum atomic E-state index is -2.47. The van der Waals surface area contributed by atoms with E-state index in [0.29, 0.717) is 16.8 Å². The minimum absolute atomic E-state index is 0.395. The van der Waals surface area contributed by atoms with Crippen LogP contribution < -0.4 is 15.9 Å². The summed E-state index contributed by atoms with van der Waals surface area (Å²) in [5.74, 6) is 0.920. The van der Waals surface area contributed by atoms with Crippen LogP contribution in [-0.4, -0.2) is 41.8 Å². The molecule has 8 heteroatoms. The maximum atomic E-state index is 12.7. The van der Waals surface area contributed by atoms with Crippen molar-refractivity contribution >= 4 is 47.2 Å². The Morgan fingerprint density at radius 3 is 2.65 bits per heavy atom. The molecule has 6 nitrogen and oxygen atoms in total. The lowest BCUT2D eigenvalue weighted by atomic mass is 9.96. The lowest BCUT2D eigenvalue weighted by molar-refractivity contribution is 0.313. The Hall–Kier alpha value is -2.40. The van der Waals surface area contributed by atoms with Gasteiger partial charge in [-0.25, -0.2) is 4.98 Å². The van der Waals surface area contributed by atoms with Crippen LogP contribution in [0.5, 0.6) is 0 Å². The van der Waals surface area contributed by atoms with Crippen LogP contribution in [-0.2, 0) is 17.5 Å². The van der Waals surface area contributed by atoms with Crippen LogP contribution in [0.1, 0.15) is 16.7 Å². The number of hydrogen-bond donors (Lipinski definition) is 2. The van der Waals surface area contributed by atoms with Crippen LogP contribution in [0.2, 0.25) is 5.02 Å². The zero-order valence-corrected chi connectivity index (χ0v) is 19.9. The second-order valence-electron chi connectivity index (χ2n) is 8.43. The Kier molecular flexibility index (Phi) is 6.07. The molecule has 4 rings (SSSR count). The van der Waals surface area contributed by atoms with Crippen molar-refractivity contribution in [1.82, 2.24) is 14.9 Å². The third kappa shape index (κ3) is 4.93. The molecular formula is C23H27ClN5OP. The standard InChI is InChI=1S/C23H27ClN5OP/c1-15-11-16-9-10-29(2)14-17(16)12-20(15)27-23-25-13-18(24)22(28-23)26-19-7-5-6-8-21(19)31(3,4)30/h5-8,11-13H,9-10,14H2,1-4H3,(H2,25,26,27,28). The quantitative estimate of drug-likeness (QED) is 0.518. The highest BCUT2D eigenvalue weighted by Crippen LogP contribution is 2.38. The summed E-state index contributed by atoms with van der Waals surface area (Å²) in [6.07, 6.45) is 2.64. The summed E-state index contributed by atoms with van der Waals surface area (Å²) in [5, 5.41) is 7.74. The summed E-state index contributed by atoms with van der Waals surface area (Å²) >= 11 is 6.37. The summed E-state index contributed by atoms with van der Waals surface area (Å²) in [6.45, 7) is 7.60. The fourth-order valence-electron chi connectivity index (χ4n) is 3.82. The first-order chi connectivity index (χ1) is 14.7. The number of benzene rings is 2. The van der Waals surface area contributed by atoms with Gasteiger partial charge in [-0.05, 0) is 68.6 Å². The van der Waals surface area contributed by atoms with Gasteiger partial charge >= 0.3 is 0 Å². The van der Waals surface area contributed by atoms with E-state index in [1.54, 1.807) is 19.5 Å². The number of aromatic nitrogens is 2. The van der Waals surface area contributed by atoms with Crippen molar-refractivity contribution in [1.29, 1.82) is 0 Å². The molecule has 1 aliphatic rings. The summed E-state index contributed by atoms with van der Waals surface area (Å²) in [4.78, 5) is 11.3. The van der Waals surface area contributed by atoms with Gasteiger partial charge in [0.05, 0.1) is 11.9 Å². The molecule has 0 amide bonds. The molecule has 0 unspecified atom stereocenters. The number of likely N-dealkylation sites (N-methyl/N-ethyl adjacent to an activating group) is 1. The highest BCUT2D eigenvalue weighted by atomic mass is 35.5. The first-order valence-electron chi connectivity index (χ1n) is 10.2. The zero-order chi connectivity index (χ0) is 22.2. The van der Waals surface area contributed by atoms with Gasteiger partial charge in [0.25, 0.3) is 0 Å². The van der Waals surface area contributed by atoms with Crippen molar-refractivity contribution in [2.75, 3.05) is 37.6 Å². The molecule has 0 atom stereocenters. The Bertz CT molecular complexity index is 1180. The monoisotopic (exact) mass is 455 g/mol. The number of para-hydroxylation sites is 1. The molecule has 0 radical (unpaired) electrons. The lowest BCUT2D eigenvalue weighted by Gasteiger charge is -2.26. The van der Waals surface area contributed by atoms with E-state index < -0.39 is 7.14 Å². The van der Waals surface area contributed by atoms with Crippen molar-refractivity contribution < 1.29 is 4.57 Å². The number of hydrogen-bond acceptors (Lipinski definition) is 6. The van der Waals surface area contributed by atoms with E-state index in [0.717, 1.165) is 41.8 Å². The van der Waals surface area contributed by atoms with Crippen molar-refractivity contribution in [3.8, 4) is 0 Å². The molecule has 1 aliphatic heterocycles. The van der Waals surface area contributed by atoms with Gasteiger partial charge in [-0.3, -0.25) is 0 Å². The summed E-state index contributed by atoms with van der Waals surface area (Å²) < 4.78 is 12.7. The number of rotatable bonds is 5. The lowest BCUT2D eigenvalue weighted by Crippen LogP contribution is -2.26. The molecule has 0 spiro atoms. The van der Waals surface area contributed by atoms with Crippen LogP contribution in [0, 0.1) is 6.92 Å². The fraction of sp³-hybridized carbons (Fsp3) is 0.304. The van der Waals surface area contributed by atoms with Crippen molar-refractivity contribution in [2.45, 2.75) is 19.9 Å². The minimum Gasteiger partial charge on any atom is -0.338 e. The third-order valence-electron chi connectivity index (χ3n) is 5.48. The molecule has 0 bridgehead atoms. The molecule has 0 aliphatic carbocycles. The summed E-state index contributed by atoms with van der Waals surface area (Å²) in [5.41, 5.74) is 5.59. The number of fused-ring (bicyclic) bond motifs is 1. The van der Waals surface area contributed by atoms with E-state index in [-0.39, 0.29) is 0 Å². The van der Waals surface area contributed by atoms with E-state index in [1.807, 2.05) is 24.3 Å². The van der Waals surface area contributed by atoms with Crippen LogP contribution in [0.15, 0.2) is 42.6 Å². The van der Waals surface area contributed by atoms with Gasteiger partial charge in [-0.15, -0.1) is 0 Å². The van der Waals surface area contributed by atoms with Gasteiger partial charge in [0.15, 0.2) is 5.82 Å². The summed E-state index contributed by atoms with van der Waals surface area (Å²) in [7, 11) is -0.328. The van der Waals surface area contributed by atoms with Gasteiger partial charge in [-0.2, -0.15) is 4.98 Å². The van der Waals surface area contributed by atoms with Crippen LogP contribution >= 0.6 is 18.7 Å². The number of nitrogens with zero attached hydrogens (tertiary/aromatic N) is 3. The number of aryl methyl sites for hydroxylation is 1. The first-order valence-corrected chi connectivity index (χ1v) is 13.2. The van der Waals surface area contributed by atoms with Gasteiger partial charge in [-0.1, -0.05) is 29.8 Å². The highest BCUT2D eigenvalue weighted by molar-refractivity contribution is 7.70. The topological polar surface area (TPSA) is 70.1 Å². The Morgan fingerprint density at radius 2 is 1.87 bits per heavy atom. The molecule has 0 saturated heterocycles.